The Labute approximate surface area is 143 Å². The molecule has 0 spiro atoms. The summed E-state index contributed by atoms with van der Waals surface area (Å²) in [6.07, 6.45) is 10.1. The number of rotatable bonds is 9. The van der Waals surface area contributed by atoms with Crippen molar-refractivity contribution in [3.63, 3.8) is 0 Å². The first-order valence-corrected chi connectivity index (χ1v) is 8.58. The van der Waals surface area contributed by atoms with Gasteiger partial charge in [0.05, 0.1) is 5.60 Å². The fourth-order valence-electron chi connectivity index (χ4n) is 2.15. The number of methoxy groups -OCH3 is 1. The molecule has 0 aliphatic rings. The summed E-state index contributed by atoms with van der Waals surface area (Å²) in [7, 11) is 1.77. The number of esters is 1. The van der Waals surface area contributed by atoms with Crippen LogP contribution in [0.25, 0.3) is 0 Å². The first kappa shape index (κ1) is 21.9. The maximum Gasteiger partial charge on any atom is 0.331 e. The molecule has 0 rings (SSSR count). The predicted octanol–water partition coefficient (Wildman–Crippen LogP) is 5.45. The standard InChI is InChI=1S/C20H36O3/c1-16(13-10-14-20(6,7)22-8)11-9-12-17(2)15-18(21)23-19(3,4)5/h9,12,15-16H,10-11,13-14H2,1-8H3/b12-9+,17-15+/t16-/m1/s1. The highest BCUT2D eigenvalue weighted by atomic mass is 16.6. The number of hydrogen-bond acceptors (Lipinski definition) is 3. The van der Waals surface area contributed by atoms with Gasteiger partial charge in [-0.25, -0.2) is 4.79 Å². The van der Waals surface area contributed by atoms with Crippen molar-refractivity contribution in [2.75, 3.05) is 7.11 Å². The van der Waals surface area contributed by atoms with Gasteiger partial charge in [-0.3, -0.25) is 0 Å². The van der Waals surface area contributed by atoms with E-state index < -0.39 is 5.60 Å². The summed E-state index contributed by atoms with van der Waals surface area (Å²) in [6.45, 7) is 14.1. The fourth-order valence-corrected chi connectivity index (χ4v) is 2.15. The zero-order chi connectivity index (χ0) is 18.1. The molecule has 0 bridgehead atoms. The van der Waals surface area contributed by atoms with Gasteiger partial charge in [0.25, 0.3) is 0 Å². The predicted molar refractivity (Wildman–Crippen MR) is 97.5 cm³/mol. The molecular weight excluding hydrogens is 288 g/mol. The zero-order valence-electron chi connectivity index (χ0n) is 16.4. The van der Waals surface area contributed by atoms with Gasteiger partial charge in [-0.2, -0.15) is 0 Å². The molecule has 134 valence electrons. The van der Waals surface area contributed by atoms with Crippen molar-refractivity contribution in [2.24, 2.45) is 5.92 Å². The van der Waals surface area contributed by atoms with Crippen molar-refractivity contribution >= 4 is 5.97 Å². The molecule has 0 aromatic rings. The maximum atomic E-state index is 11.7. The largest absolute Gasteiger partial charge is 0.457 e. The van der Waals surface area contributed by atoms with Gasteiger partial charge < -0.3 is 9.47 Å². The molecule has 0 heterocycles. The lowest BCUT2D eigenvalue weighted by Crippen LogP contribution is -2.22. The Balaban J connectivity index is 4.14. The first-order valence-electron chi connectivity index (χ1n) is 8.58. The molecule has 0 N–H and O–H groups in total. The van der Waals surface area contributed by atoms with Crippen LogP contribution in [-0.2, 0) is 14.3 Å². The van der Waals surface area contributed by atoms with Crippen LogP contribution >= 0.6 is 0 Å². The van der Waals surface area contributed by atoms with Gasteiger partial charge in [0.2, 0.25) is 0 Å². The summed E-state index contributed by atoms with van der Waals surface area (Å²) in [6, 6.07) is 0. The van der Waals surface area contributed by atoms with Gasteiger partial charge in [0.1, 0.15) is 5.60 Å². The second-order valence-electron chi connectivity index (χ2n) is 8.02. The van der Waals surface area contributed by atoms with Crippen molar-refractivity contribution in [1.82, 2.24) is 0 Å². The lowest BCUT2D eigenvalue weighted by atomic mass is 9.95. The zero-order valence-corrected chi connectivity index (χ0v) is 16.4. The Hall–Kier alpha value is -1.09. The van der Waals surface area contributed by atoms with Crippen LogP contribution in [-0.4, -0.2) is 24.3 Å². The third-order valence-electron chi connectivity index (χ3n) is 3.70. The molecule has 0 aliphatic carbocycles. The topological polar surface area (TPSA) is 35.5 Å². The fraction of sp³-hybridized carbons (Fsp3) is 0.750. The second-order valence-corrected chi connectivity index (χ2v) is 8.02. The monoisotopic (exact) mass is 324 g/mol. The van der Waals surface area contributed by atoms with Crippen LogP contribution in [0.4, 0.5) is 0 Å². The Kier molecular flexibility index (Phi) is 9.45. The number of hydrogen-bond donors (Lipinski definition) is 0. The van der Waals surface area contributed by atoms with Crippen LogP contribution in [0, 0.1) is 5.92 Å². The van der Waals surface area contributed by atoms with Crippen molar-refractivity contribution in [3.05, 3.63) is 23.8 Å². The normalized spacial score (nSPS) is 15.0. The Bertz CT molecular complexity index is 411. The summed E-state index contributed by atoms with van der Waals surface area (Å²) in [5, 5.41) is 0. The summed E-state index contributed by atoms with van der Waals surface area (Å²) >= 11 is 0. The molecule has 0 aromatic carbocycles. The van der Waals surface area contributed by atoms with E-state index in [1.165, 1.54) is 12.8 Å². The number of ether oxygens (including phenoxy) is 2. The van der Waals surface area contributed by atoms with E-state index in [9.17, 15) is 4.79 Å². The van der Waals surface area contributed by atoms with Gasteiger partial charge in [0, 0.05) is 13.2 Å². The molecule has 23 heavy (non-hydrogen) atoms. The molecule has 0 amide bonds. The maximum absolute atomic E-state index is 11.7. The van der Waals surface area contributed by atoms with E-state index in [0.717, 1.165) is 18.4 Å². The lowest BCUT2D eigenvalue weighted by molar-refractivity contribution is -0.148. The van der Waals surface area contributed by atoms with E-state index in [1.807, 2.05) is 33.8 Å². The van der Waals surface area contributed by atoms with E-state index in [0.29, 0.717) is 5.92 Å². The third kappa shape index (κ3) is 13.1. The van der Waals surface area contributed by atoms with Gasteiger partial charge in [-0.05, 0) is 65.9 Å². The summed E-state index contributed by atoms with van der Waals surface area (Å²) in [5.41, 5.74) is 0.455. The van der Waals surface area contributed by atoms with Gasteiger partial charge in [-0.15, -0.1) is 0 Å². The molecule has 3 heteroatoms. The summed E-state index contributed by atoms with van der Waals surface area (Å²) < 4.78 is 10.7. The Morgan fingerprint density at radius 2 is 1.78 bits per heavy atom. The molecule has 0 aliphatic heterocycles. The Morgan fingerprint density at radius 1 is 1.17 bits per heavy atom. The third-order valence-corrected chi connectivity index (χ3v) is 3.70. The van der Waals surface area contributed by atoms with Crippen LogP contribution in [0.15, 0.2) is 23.8 Å². The highest BCUT2D eigenvalue weighted by Gasteiger charge is 2.16. The molecule has 1 atom stereocenters. The van der Waals surface area contributed by atoms with Crippen LogP contribution in [0.3, 0.4) is 0 Å². The average molecular weight is 325 g/mol. The SMILES string of the molecule is COC(C)(C)CCC[C@H](C)C/C=C/C(C)=C/C(=O)OC(C)(C)C. The average Bonchev–Trinajstić information content (AvgIpc) is 2.35. The summed E-state index contributed by atoms with van der Waals surface area (Å²) in [5.74, 6) is 0.350. The second kappa shape index (κ2) is 9.92. The van der Waals surface area contributed by atoms with Crippen molar-refractivity contribution in [1.29, 1.82) is 0 Å². The lowest BCUT2D eigenvalue weighted by Gasteiger charge is -2.23. The van der Waals surface area contributed by atoms with Crippen molar-refractivity contribution in [2.45, 2.75) is 85.4 Å². The molecule has 0 fully saturated rings. The molecular formula is C20H36O3. The minimum absolute atomic E-state index is 0.0255. The highest BCUT2D eigenvalue weighted by molar-refractivity contribution is 5.83. The molecule has 0 radical (unpaired) electrons. The first-order chi connectivity index (χ1) is 10.4. The minimum atomic E-state index is -0.442. The molecule has 0 aromatic heterocycles. The van der Waals surface area contributed by atoms with E-state index in [1.54, 1.807) is 13.2 Å². The Morgan fingerprint density at radius 3 is 2.30 bits per heavy atom. The number of carbonyl (C=O) groups excluding carboxylic acids is 1. The quantitative estimate of drug-likeness (QED) is 0.321. The number of allylic oxidation sites excluding steroid dienone is 3. The minimum Gasteiger partial charge on any atom is -0.457 e. The molecule has 0 unspecified atom stereocenters. The smallest absolute Gasteiger partial charge is 0.331 e. The van der Waals surface area contributed by atoms with Crippen molar-refractivity contribution in [3.8, 4) is 0 Å². The van der Waals surface area contributed by atoms with Crippen LogP contribution < -0.4 is 0 Å². The highest BCUT2D eigenvalue weighted by Crippen LogP contribution is 2.20. The van der Waals surface area contributed by atoms with E-state index in [2.05, 4.69) is 26.8 Å². The number of carbonyl (C=O) groups is 1. The van der Waals surface area contributed by atoms with Gasteiger partial charge in [-0.1, -0.05) is 31.9 Å². The molecule has 0 saturated heterocycles. The van der Waals surface area contributed by atoms with Gasteiger partial charge in [0.15, 0.2) is 0 Å². The van der Waals surface area contributed by atoms with Crippen molar-refractivity contribution < 1.29 is 14.3 Å². The van der Waals surface area contributed by atoms with Gasteiger partial charge >= 0.3 is 5.97 Å². The molecule has 0 saturated carbocycles. The molecule has 3 nitrogen and oxygen atoms in total. The van der Waals surface area contributed by atoms with Crippen LogP contribution in [0.2, 0.25) is 0 Å². The van der Waals surface area contributed by atoms with E-state index >= 15 is 0 Å². The van der Waals surface area contributed by atoms with E-state index in [4.69, 9.17) is 9.47 Å². The van der Waals surface area contributed by atoms with E-state index in [-0.39, 0.29) is 11.6 Å². The summed E-state index contributed by atoms with van der Waals surface area (Å²) in [4.78, 5) is 11.7. The van der Waals surface area contributed by atoms with Crippen LogP contribution in [0.1, 0.15) is 74.1 Å². The van der Waals surface area contributed by atoms with Crippen LogP contribution in [0.5, 0.6) is 0 Å².